The summed E-state index contributed by atoms with van der Waals surface area (Å²) < 4.78 is 107. The van der Waals surface area contributed by atoms with Crippen LogP contribution in [0.1, 0.15) is 34.6 Å². The molecule has 35 heavy (non-hydrogen) atoms. The molecule has 3 N–H and O–H groups in total. The Morgan fingerprint density at radius 2 is 1.74 bits per heavy atom. The van der Waals surface area contributed by atoms with Crippen LogP contribution in [-0.4, -0.2) is 55.6 Å². The zero-order chi connectivity index (χ0) is 26.6. The van der Waals surface area contributed by atoms with Gasteiger partial charge in [0.25, 0.3) is 10.0 Å². The minimum Gasteiger partial charge on any atom is -0.376 e. The van der Waals surface area contributed by atoms with Crippen LogP contribution in [0.15, 0.2) is 34.5 Å². The van der Waals surface area contributed by atoms with Gasteiger partial charge in [0.1, 0.15) is 4.21 Å². The summed E-state index contributed by atoms with van der Waals surface area (Å²) in [6.07, 6.45) is -9.84. The van der Waals surface area contributed by atoms with Crippen LogP contribution in [0.2, 0.25) is 0 Å². The number of nitrogens with zero attached hydrogens (tertiary/aromatic N) is 2. The van der Waals surface area contributed by atoms with Gasteiger partial charge in [0.05, 0.1) is 5.56 Å². The highest BCUT2D eigenvalue weighted by atomic mass is 32.2. The summed E-state index contributed by atoms with van der Waals surface area (Å²) in [4.78, 5) is 12.0. The molecule has 1 aromatic carbocycles. The SMILES string of the molecule is C[C@@H]1CN(c2ccc(C(N)=O)cc2C(F)(F)F)CCN1S(=O)(=O)c1ccc([C@](C)(O)C(F)(F)F)s1. The molecule has 0 unspecified atom stereocenters. The summed E-state index contributed by atoms with van der Waals surface area (Å²) in [6, 6.07) is 3.84. The largest absolute Gasteiger partial charge is 0.421 e. The van der Waals surface area contributed by atoms with Crippen molar-refractivity contribution < 1.29 is 44.7 Å². The topological polar surface area (TPSA) is 104 Å². The highest BCUT2D eigenvalue weighted by Crippen LogP contribution is 2.43. The number of halogens is 6. The van der Waals surface area contributed by atoms with E-state index in [2.05, 4.69) is 0 Å². The molecule has 0 aliphatic carbocycles. The fraction of sp³-hybridized carbons (Fsp3) is 0.450. The van der Waals surface area contributed by atoms with Crippen molar-refractivity contribution in [3.8, 4) is 0 Å². The third kappa shape index (κ3) is 5.13. The van der Waals surface area contributed by atoms with Crippen LogP contribution in [0.25, 0.3) is 0 Å². The van der Waals surface area contributed by atoms with Crippen molar-refractivity contribution in [2.75, 3.05) is 24.5 Å². The van der Waals surface area contributed by atoms with Gasteiger partial charge in [0, 0.05) is 41.8 Å². The molecule has 15 heteroatoms. The number of anilines is 1. The Morgan fingerprint density at radius 1 is 1.11 bits per heavy atom. The molecule has 0 radical (unpaired) electrons. The molecule has 2 atom stereocenters. The lowest BCUT2D eigenvalue weighted by molar-refractivity contribution is -0.257. The normalized spacial score (nSPS) is 20.0. The summed E-state index contributed by atoms with van der Waals surface area (Å²) >= 11 is 0.271. The fourth-order valence-corrected chi connectivity index (χ4v) is 6.80. The second-order valence-electron chi connectivity index (χ2n) is 8.19. The quantitative estimate of drug-likeness (QED) is 0.560. The van der Waals surface area contributed by atoms with Crippen LogP contribution in [0, 0.1) is 0 Å². The average Bonchev–Trinajstić information content (AvgIpc) is 3.23. The predicted molar refractivity (Wildman–Crippen MR) is 115 cm³/mol. The second kappa shape index (κ2) is 8.94. The number of carbonyl (C=O) groups excluding carboxylic acids is 1. The van der Waals surface area contributed by atoms with Gasteiger partial charge in [-0.05, 0) is 44.2 Å². The number of aliphatic hydroxyl groups is 1. The van der Waals surface area contributed by atoms with Crippen LogP contribution in [0.4, 0.5) is 32.0 Å². The number of benzene rings is 1. The number of alkyl halides is 6. The number of primary amides is 1. The van der Waals surface area contributed by atoms with Gasteiger partial charge in [-0.25, -0.2) is 8.42 Å². The van der Waals surface area contributed by atoms with Gasteiger partial charge in [0.15, 0.2) is 5.60 Å². The predicted octanol–water partition coefficient (Wildman–Crippen LogP) is 3.54. The number of thiophene rings is 1. The average molecular weight is 546 g/mol. The van der Waals surface area contributed by atoms with Crippen molar-refractivity contribution in [3.63, 3.8) is 0 Å². The van der Waals surface area contributed by atoms with Crippen LogP contribution < -0.4 is 10.6 Å². The first kappa shape index (κ1) is 27.2. The van der Waals surface area contributed by atoms with Crippen molar-refractivity contribution in [2.24, 2.45) is 5.73 Å². The Kier molecular flexibility index (Phi) is 6.96. The van der Waals surface area contributed by atoms with Gasteiger partial charge < -0.3 is 15.7 Å². The number of nitrogens with two attached hydrogens (primary N) is 1. The molecule has 1 aliphatic heterocycles. The molecular weight excluding hydrogens is 524 g/mol. The molecule has 1 fully saturated rings. The molecule has 1 saturated heterocycles. The summed E-state index contributed by atoms with van der Waals surface area (Å²) in [7, 11) is -4.29. The van der Waals surface area contributed by atoms with E-state index in [4.69, 9.17) is 5.73 Å². The third-order valence-electron chi connectivity index (χ3n) is 5.67. The molecule has 7 nitrogen and oxygen atoms in total. The van der Waals surface area contributed by atoms with Gasteiger partial charge in [-0.2, -0.15) is 30.6 Å². The number of hydrogen-bond acceptors (Lipinski definition) is 6. The van der Waals surface area contributed by atoms with Gasteiger partial charge in [-0.3, -0.25) is 4.79 Å². The van der Waals surface area contributed by atoms with E-state index in [0.717, 1.165) is 28.6 Å². The Hall–Kier alpha value is -2.36. The third-order valence-corrected chi connectivity index (χ3v) is 9.45. The lowest BCUT2D eigenvalue weighted by Crippen LogP contribution is -2.54. The van der Waals surface area contributed by atoms with Crippen molar-refractivity contribution in [1.82, 2.24) is 4.31 Å². The van der Waals surface area contributed by atoms with Gasteiger partial charge in [-0.15, -0.1) is 11.3 Å². The molecule has 2 aromatic rings. The highest BCUT2D eigenvalue weighted by Gasteiger charge is 2.52. The standard InChI is InChI=1S/C20H21F6N3O4S2/c1-11-10-28(14-4-3-12(17(27)30)9-13(14)19(21,22)23)7-8-29(11)35(32,33)16-6-5-15(34-16)18(2,31)20(24,25)26/h3-6,9,11,31H,7-8,10H2,1-2H3,(H2,27,30)/t11-,18+/m1/s1. The van der Waals surface area contributed by atoms with E-state index in [1.165, 1.54) is 11.8 Å². The molecular formula is C20H21F6N3O4S2. The van der Waals surface area contributed by atoms with Crippen LogP contribution in [-0.2, 0) is 21.8 Å². The Bertz CT molecular complexity index is 1220. The van der Waals surface area contributed by atoms with Crippen LogP contribution in [0.5, 0.6) is 0 Å². The number of amides is 1. The van der Waals surface area contributed by atoms with E-state index in [-0.39, 0.29) is 42.2 Å². The molecule has 1 amide bonds. The second-order valence-corrected chi connectivity index (χ2v) is 11.4. The van der Waals surface area contributed by atoms with Crippen LogP contribution in [0.3, 0.4) is 0 Å². The molecule has 194 valence electrons. The first-order valence-electron chi connectivity index (χ1n) is 10.0. The molecule has 2 heterocycles. The van der Waals surface area contributed by atoms with Crippen molar-refractivity contribution >= 4 is 33.0 Å². The Balaban J connectivity index is 1.87. The maximum atomic E-state index is 13.6. The van der Waals surface area contributed by atoms with E-state index in [0.29, 0.717) is 13.0 Å². The van der Waals surface area contributed by atoms with Gasteiger partial charge >= 0.3 is 12.4 Å². The lowest BCUT2D eigenvalue weighted by Gasteiger charge is -2.40. The Morgan fingerprint density at radius 3 is 2.26 bits per heavy atom. The van der Waals surface area contributed by atoms with E-state index in [1.807, 2.05) is 0 Å². The van der Waals surface area contributed by atoms with E-state index in [9.17, 15) is 44.7 Å². The molecule has 0 saturated carbocycles. The highest BCUT2D eigenvalue weighted by molar-refractivity contribution is 7.91. The molecule has 0 bridgehead atoms. The molecule has 1 aromatic heterocycles. The van der Waals surface area contributed by atoms with Crippen molar-refractivity contribution in [3.05, 3.63) is 46.3 Å². The number of rotatable bonds is 5. The van der Waals surface area contributed by atoms with Gasteiger partial charge in [-0.1, -0.05) is 0 Å². The summed E-state index contributed by atoms with van der Waals surface area (Å²) in [5.74, 6) is -1.04. The zero-order valence-electron chi connectivity index (χ0n) is 18.3. The molecule has 3 rings (SSSR count). The number of sulfonamides is 1. The first-order chi connectivity index (χ1) is 15.9. The Labute approximate surface area is 200 Å². The van der Waals surface area contributed by atoms with Crippen LogP contribution >= 0.6 is 11.3 Å². The number of hydrogen-bond donors (Lipinski definition) is 2. The summed E-state index contributed by atoms with van der Waals surface area (Å²) in [5, 5.41) is 9.82. The van der Waals surface area contributed by atoms with Crippen molar-refractivity contribution in [1.29, 1.82) is 0 Å². The number of piperazine rings is 1. The molecule has 1 aliphatic rings. The fourth-order valence-electron chi connectivity index (χ4n) is 3.68. The van der Waals surface area contributed by atoms with E-state index < -0.39 is 54.6 Å². The summed E-state index contributed by atoms with van der Waals surface area (Å²) in [6.45, 7) is 1.41. The summed E-state index contributed by atoms with van der Waals surface area (Å²) in [5.41, 5.74) is 0.135. The minimum atomic E-state index is -5.03. The van der Waals surface area contributed by atoms with Crippen molar-refractivity contribution in [2.45, 2.75) is 42.1 Å². The lowest BCUT2D eigenvalue weighted by atomic mass is 10.1. The molecule has 0 spiro atoms. The monoisotopic (exact) mass is 545 g/mol. The zero-order valence-corrected chi connectivity index (χ0v) is 19.9. The van der Waals surface area contributed by atoms with Gasteiger partial charge in [0.2, 0.25) is 5.91 Å². The maximum Gasteiger partial charge on any atom is 0.421 e. The smallest absolute Gasteiger partial charge is 0.376 e. The number of carbonyl (C=O) groups is 1. The van der Waals surface area contributed by atoms with E-state index in [1.54, 1.807) is 0 Å². The maximum absolute atomic E-state index is 13.6. The first-order valence-corrected chi connectivity index (χ1v) is 12.3. The minimum absolute atomic E-state index is 0.152. The van der Waals surface area contributed by atoms with E-state index >= 15 is 0 Å².